The fourth-order valence-corrected chi connectivity index (χ4v) is 1.28. The van der Waals surface area contributed by atoms with Crippen molar-refractivity contribution in [3.05, 3.63) is 36.3 Å². The van der Waals surface area contributed by atoms with Gasteiger partial charge in [-0.05, 0) is 18.2 Å². The average molecular weight is 240 g/mol. The average Bonchev–Trinajstić information content (AvgIpc) is 2.28. The van der Waals surface area contributed by atoms with Crippen molar-refractivity contribution in [1.29, 1.82) is 0 Å². The molecule has 2 heterocycles. The maximum absolute atomic E-state index is 12.5. The lowest BCUT2D eigenvalue weighted by molar-refractivity contribution is -0.141. The molecule has 0 aliphatic rings. The summed E-state index contributed by atoms with van der Waals surface area (Å²) in [5.41, 5.74) is 4.81. The predicted molar refractivity (Wildman–Crippen MR) is 54.7 cm³/mol. The molecule has 0 saturated carbocycles. The number of halogens is 3. The molecule has 4 nitrogen and oxygen atoms in total. The smallest absolute Gasteiger partial charge is 0.368 e. The molecule has 88 valence electrons. The maximum Gasteiger partial charge on any atom is 0.433 e. The molecule has 0 aliphatic carbocycles. The standard InChI is InChI=1S/C10H7F3N4/c11-10(12,13)8-5-7(16-9(14)17-8)6-1-3-15-4-2-6/h1-5H,(H2,14,16,17). The van der Waals surface area contributed by atoms with E-state index in [1.165, 1.54) is 12.4 Å². The summed E-state index contributed by atoms with van der Waals surface area (Å²) in [5.74, 6) is -0.411. The van der Waals surface area contributed by atoms with Crippen molar-refractivity contribution in [2.75, 3.05) is 5.73 Å². The number of hydrogen-bond donors (Lipinski definition) is 1. The van der Waals surface area contributed by atoms with Gasteiger partial charge < -0.3 is 5.73 Å². The highest BCUT2D eigenvalue weighted by atomic mass is 19.4. The third kappa shape index (κ3) is 2.49. The van der Waals surface area contributed by atoms with Crippen LogP contribution in [0.4, 0.5) is 19.1 Å². The largest absolute Gasteiger partial charge is 0.433 e. The number of nitrogens with two attached hydrogens (primary N) is 1. The molecule has 2 rings (SSSR count). The molecular formula is C10H7F3N4. The van der Waals surface area contributed by atoms with Crippen molar-refractivity contribution in [3.63, 3.8) is 0 Å². The van der Waals surface area contributed by atoms with Crippen LogP contribution in [0.25, 0.3) is 11.3 Å². The maximum atomic E-state index is 12.5. The van der Waals surface area contributed by atoms with E-state index >= 15 is 0 Å². The Balaban J connectivity index is 2.54. The third-order valence-electron chi connectivity index (χ3n) is 2.01. The van der Waals surface area contributed by atoms with Gasteiger partial charge in [-0.2, -0.15) is 13.2 Å². The van der Waals surface area contributed by atoms with E-state index in [-0.39, 0.29) is 5.69 Å². The Bertz CT molecular complexity index is 525. The quantitative estimate of drug-likeness (QED) is 0.829. The summed E-state index contributed by atoms with van der Waals surface area (Å²) in [4.78, 5) is 10.7. The van der Waals surface area contributed by atoms with Gasteiger partial charge in [-0.3, -0.25) is 4.98 Å². The van der Waals surface area contributed by atoms with Gasteiger partial charge in [-0.15, -0.1) is 0 Å². The van der Waals surface area contributed by atoms with Gasteiger partial charge in [0.05, 0.1) is 5.69 Å². The van der Waals surface area contributed by atoms with E-state index in [2.05, 4.69) is 15.0 Å². The highest BCUT2D eigenvalue weighted by Gasteiger charge is 2.33. The van der Waals surface area contributed by atoms with E-state index in [1.807, 2.05) is 0 Å². The number of anilines is 1. The van der Waals surface area contributed by atoms with Crippen molar-refractivity contribution in [2.24, 2.45) is 0 Å². The topological polar surface area (TPSA) is 64.7 Å². The van der Waals surface area contributed by atoms with Crippen LogP contribution in [0.5, 0.6) is 0 Å². The van der Waals surface area contributed by atoms with E-state index in [0.29, 0.717) is 5.56 Å². The Kier molecular flexibility index (Phi) is 2.66. The summed E-state index contributed by atoms with van der Waals surface area (Å²) < 4.78 is 37.5. The minimum atomic E-state index is -4.54. The number of alkyl halides is 3. The van der Waals surface area contributed by atoms with Crippen LogP contribution in [0.1, 0.15) is 5.69 Å². The summed E-state index contributed by atoms with van der Waals surface area (Å²) in [6.07, 6.45) is -1.62. The fourth-order valence-electron chi connectivity index (χ4n) is 1.28. The minimum absolute atomic E-state index is 0.118. The van der Waals surface area contributed by atoms with Gasteiger partial charge in [0.25, 0.3) is 0 Å². The first kappa shape index (κ1) is 11.3. The van der Waals surface area contributed by atoms with Crippen LogP contribution in [0, 0.1) is 0 Å². The zero-order valence-corrected chi connectivity index (χ0v) is 8.44. The molecule has 0 spiro atoms. The molecule has 0 unspecified atom stereocenters. The summed E-state index contributed by atoms with van der Waals surface area (Å²) in [5, 5.41) is 0. The second-order valence-corrected chi connectivity index (χ2v) is 3.23. The first-order chi connectivity index (χ1) is 7.97. The zero-order chi connectivity index (χ0) is 12.5. The highest BCUT2D eigenvalue weighted by molar-refractivity contribution is 5.59. The van der Waals surface area contributed by atoms with Gasteiger partial charge in [0.2, 0.25) is 5.95 Å². The fraction of sp³-hybridized carbons (Fsp3) is 0.100. The van der Waals surface area contributed by atoms with Crippen LogP contribution in [0.3, 0.4) is 0 Å². The number of nitrogens with zero attached hydrogens (tertiary/aromatic N) is 3. The Morgan fingerprint density at radius 1 is 1.06 bits per heavy atom. The molecule has 0 atom stereocenters. The van der Waals surface area contributed by atoms with E-state index in [1.54, 1.807) is 12.1 Å². The van der Waals surface area contributed by atoms with Crippen LogP contribution in [-0.2, 0) is 6.18 Å². The predicted octanol–water partition coefficient (Wildman–Crippen LogP) is 2.14. The monoisotopic (exact) mass is 240 g/mol. The van der Waals surface area contributed by atoms with Crippen molar-refractivity contribution < 1.29 is 13.2 Å². The molecule has 0 fully saturated rings. The van der Waals surface area contributed by atoms with E-state index in [0.717, 1.165) is 6.07 Å². The van der Waals surface area contributed by atoms with Crippen LogP contribution in [0.15, 0.2) is 30.6 Å². The summed E-state index contributed by atoms with van der Waals surface area (Å²) in [7, 11) is 0. The van der Waals surface area contributed by atoms with Crippen LogP contribution < -0.4 is 5.73 Å². The molecule has 0 aliphatic heterocycles. The van der Waals surface area contributed by atoms with E-state index < -0.39 is 17.8 Å². The van der Waals surface area contributed by atoms with Crippen molar-refractivity contribution in [1.82, 2.24) is 15.0 Å². The Morgan fingerprint density at radius 3 is 2.29 bits per heavy atom. The summed E-state index contributed by atoms with van der Waals surface area (Å²) >= 11 is 0. The lowest BCUT2D eigenvalue weighted by Gasteiger charge is -2.08. The van der Waals surface area contributed by atoms with E-state index in [9.17, 15) is 13.2 Å². The van der Waals surface area contributed by atoms with Crippen LogP contribution in [-0.4, -0.2) is 15.0 Å². The second-order valence-electron chi connectivity index (χ2n) is 3.23. The minimum Gasteiger partial charge on any atom is -0.368 e. The van der Waals surface area contributed by atoms with Gasteiger partial charge in [0.1, 0.15) is 0 Å². The molecule has 2 aromatic heterocycles. The summed E-state index contributed by atoms with van der Waals surface area (Å²) in [6.45, 7) is 0. The highest BCUT2D eigenvalue weighted by Crippen LogP contribution is 2.30. The number of rotatable bonds is 1. The Hall–Kier alpha value is -2.18. The zero-order valence-electron chi connectivity index (χ0n) is 8.44. The SMILES string of the molecule is Nc1nc(-c2ccncc2)cc(C(F)(F)F)n1. The van der Waals surface area contributed by atoms with Gasteiger partial charge in [-0.25, -0.2) is 9.97 Å². The van der Waals surface area contributed by atoms with Crippen LogP contribution in [0.2, 0.25) is 0 Å². The molecule has 7 heteroatoms. The first-order valence-electron chi connectivity index (χ1n) is 4.59. The number of aromatic nitrogens is 3. The molecule has 0 amide bonds. The number of hydrogen-bond acceptors (Lipinski definition) is 4. The normalized spacial score (nSPS) is 11.5. The van der Waals surface area contributed by atoms with Crippen molar-refractivity contribution in [3.8, 4) is 11.3 Å². The molecule has 0 aromatic carbocycles. The molecule has 2 N–H and O–H groups in total. The third-order valence-corrected chi connectivity index (χ3v) is 2.01. The number of pyridine rings is 1. The van der Waals surface area contributed by atoms with Crippen molar-refractivity contribution >= 4 is 5.95 Å². The Labute approximate surface area is 94.3 Å². The molecule has 0 saturated heterocycles. The van der Waals surface area contributed by atoms with Crippen LogP contribution >= 0.6 is 0 Å². The summed E-state index contributed by atoms with van der Waals surface area (Å²) in [6, 6.07) is 3.94. The van der Waals surface area contributed by atoms with Gasteiger partial charge in [-0.1, -0.05) is 0 Å². The lowest BCUT2D eigenvalue weighted by Crippen LogP contribution is -2.11. The Morgan fingerprint density at radius 2 is 1.71 bits per heavy atom. The first-order valence-corrected chi connectivity index (χ1v) is 4.59. The lowest BCUT2D eigenvalue weighted by atomic mass is 10.2. The molecule has 0 radical (unpaired) electrons. The molecule has 0 bridgehead atoms. The molecular weight excluding hydrogens is 233 g/mol. The van der Waals surface area contributed by atoms with E-state index in [4.69, 9.17) is 5.73 Å². The molecule has 2 aromatic rings. The number of nitrogen functional groups attached to an aromatic ring is 1. The van der Waals surface area contributed by atoms with Gasteiger partial charge in [0, 0.05) is 18.0 Å². The molecule has 17 heavy (non-hydrogen) atoms. The van der Waals surface area contributed by atoms with Gasteiger partial charge >= 0.3 is 6.18 Å². The van der Waals surface area contributed by atoms with Crippen molar-refractivity contribution in [2.45, 2.75) is 6.18 Å². The van der Waals surface area contributed by atoms with Gasteiger partial charge in [0.15, 0.2) is 5.69 Å². The second kappa shape index (κ2) is 4.00.